The summed E-state index contributed by atoms with van der Waals surface area (Å²) < 4.78 is 16.6. The zero-order valence-electron chi connectivity index (χ0n) is 14.9. The van der Waals surface area contributed by atoms with Crippen LogP contribution in [0.3, 0.4) is 0 Å². The molecule has 1 amide bonds. The van der Waals surface area contributed by atoms with E-state index in [9.17, 15) is 9.59 Å². The molecule has 0 bridgehead atoms. The maximum absolute atomic E-state index is 12.1. The van der Waals surface area contributed by atoms with E-state index in [2.05, 4.69) is 21.2 Å². The van der Waals surface area contributed by atoms with Gasteiger partial charge in [0.15, 0.2) is 6.61 Å². The number of hydrogen-bond donors (Lipinski definition) is 1. The van der Waals surface area contributed by atoms with Crippen molar-refractivity contribution in [2.45, 2.75) is 13.3 Å². The second-order valence-electron chi connectivity index (χ2n) is 5.97. The Morgan fingerprint density at radius 1 is 1.19 bits per heavy atom. The van der Waals surface area contributed by atoms with E-state index in [0.717, 1.165) is 15.4 Å². The zero-order chi connectivity index (χ0) is 19.4. The van der Waals surface area contributed by atoms with Gasteiger partial charge in [0.05, 0.1) is 19.8 Å². The van der Waals surface area contributed by atoms with Gasteiger partial charge in [0, 0.05) is 27.2 Å². The number of ether oxygens (including phenoxy) is 2. The topological polar surface area (TPSA) is 77.8 Å². The van der Waals surface area contributed by atoms with Gasteiger partial charge >= 0.3 is 5.97 Å². The van der Waals surface area contributed by atoms with Gasteiger partial charge in [-0.3, -0.25) is 9.59 Å². The molecule has 0 aliphatic rings. The van der Waals surface area contributed by atoms with E-state index in [1.807, 2.05) is 25.1 Å². The first-order valence-electron chi connectivity index (χ1n) is 8.22. The van der Waals surface area contributed by atoms with Crippen LogP contribution in [-0.2, 0) is 20.7 Å². The van der Waals surface area contributed by atoms with Crippen LogP contribution in [0.5, 0.6) is 5.75 Å². The van der Waals surface area contributed by atoms with Gasteiger partial charge in [0.2, 0.25) is 0 Å². The summed E-state index contributed by atoms with van der Waals surface area (Å²) in [5.74, 6) is -0.228. The molecule has 6 nitrogen and oxygen atoms in total. The predicted octanol–water partition coefficient (Wildman–Crippen LogP) is 4.24. The third-order valence-corrected chi connectivity index (χ3v) is 4.89. The van der Waals surface area contributed by atoms with E-state index in [1.165, 1.54) is 6.26 Å². The van der Waals surface area contributed by atoms with Crippen LogP contribution >= 0.6 is 15.9 Å². The van der Waals surface area contributed by atoms with Crippen LogP contribution in [0.25, 0.3) is 11.0 Å². The molecule has 0 spiro atoms. The fraction of sp³-hybridized carbons (Fsp3) is 0.200. The van der Waals surface area contributed by atoms with Gasteiger partial charge in [-0.25, -0.2) is 0 Å². The lowest BCUT2D eigenvalue weighted by atomic mass is 10.1. The number of methoxy groups -OCH3 is 1. The minimum atomic E-state index is -0.504. The lowest BCUT2D eigenvalue weighted by Gasteiger charge is -2.08. The van der Waals surface area contributed by atoms with E-state index >= 15 is 0 Å². The van der Waals surface area contributed by atoms with Gasteiger partial charge in [0.25, 0.3) is 5.91 Å². The fourth-order valence-electron chi connectivity index (χ4n) is 2.60. The second-order valence-corrected chi connectivity index (χ2v) is 6.83. The van der Waals surface area contributed by atoms with Crippen LogP contribution in [0.1, 0.15) is 11.1 Å². The highest BCUT2D eigenvalue weighted by molar-refractivity contribution is 9.10. The van der Waals surface area contributed by atoms with Crippen LogP contribution in [0.2, 0.25) is 0 Å². The third-order valence-electron chi connectivity index (χ3n) is 4.00. The molecular formula is C20H18BrNO5. The van der Waals surface area contributed by atoms with E-state index in [1.54, 1.807) is 25.3 Å². The Bertz CT molecular complexity index is 995. The largest absolute Gasteiger partial charge is 0.497 e. The summed E-state index contributed by atoms with van der Waals surface area (Å²) >= 11 is 3.40. The molecule has 1 aromatic heterocycles. The molecule has 0 radical (unpaired) electrons. The van der Waals surface area contributed by atoms with Gasteiger partial charge in [-0.2, -0.15) is 0 Å². The molecule has 0 fully saturated rings. The van der Waals surface area contributed by atoms with Crippen molar-refractivity contribution in [2.24, 2.45) is 0 Å². The molecule has 3 aromatic rings. The lowest BCUT2D eigenvalue weighted by molar-refractivity contribution is -0.146. The number of hydrogen-bond acceptors (Lipinski definition) is 5. The quantitative estimate of drug-likeness (QED) is 0.590. The number of carbonyl (C=O) groups excluding carboxylic acids is 2. The maximum atomic E-state index is 12.1. The van der Waals surface area contributed by atoms with Crippen molar-refractivity contribution in [3.8, 4) is 5.75 Å². The van der Waals surface area contributed by atoms with Gasteiger partial charge in [0.1, 0.15) is 11.3 Å². The minimum absolute atomic E-state index is 0.0179. The van der Waals surface area contributed by atoms with Crippen molar-refractivity contribution in [3.63, 3.8) is 0 Å². The third kappa shape index (κ3) is 4.68. The molecule has 0 aliphatic carbocycles. The number of carbonyl (C=O) groups is 2. The number of furan rings is 1. The molecule has 3 rings (SSSR count). The highest BCUT2D eigenvalue weighted by Gasteiger charge is 2.14. The SMILES string of the molecule is COc1ccc2c(CC(=O)OCC(=O)Nc3ccc(Br)c(C)c3)coc2c1. The average Bonchev–Trinajstić information content (AvgIpc) is 3.05. The van der Waals surface area contributed by atoms with Crippen LogP contribution < -0.4 is 10.1 Å². The van der Waals surface area contributed by atoms with Crippen LogP contribution in [0, 0.1) is 6.92 Å². The number of rotatable bonds is 6. The first-order chi connectivity index (χ1) is 13.0. The zero-order valence-corrected chi connectivity index (χ0v) is 16.5. The smallest absolute Gasteiger partial charge is 0.310 e. The van der Waals surface area contributed by atoms with Crippen LogP contribution in [0.15, 0.2) is 51.6 Å². The normalized spacial score (nSPS) is 10.6. The number of aryl methyl sites for hydroxylation is 1. The number of amides is 1. The summed E-state index contributed by atoms with van der Waals surface area (Å²) in [5, 5.41) is 3.50. The van der Waals surface area contributed by atoms with E-state index in [4.69, 9.17) is 13.9 Å². The number of benzene rings is 2. The monoisotopic (exact) mass is 431 g/mol. The molecule has 2 aromatic carbocycles. The molecule has 0 saturated carbocycles. The molecule has 1 N–H and O–H groups in total. The van der Waals surface area contributed by atoms with E-state index < -0.39 is 11.9 Å². The van der Waals surface area contributed by atoms with Gasteiger partial charge in [-0.05, 0) is 42.8 Å². The summed E-state index contributed by atoms with van der Waals surface area (Å²) in [7, 11) is 1.57. The highest BCUT2D eigenvalue weighted by atomic mass is 79.9. The number of halogens is 1. The van der Waals surface area contributed by atoms with Gasteiger partial charge < -0.3 is 19.2 Å². The average molecular weight is 432 g/mol. The highest BCUT2D eigenvalue weighted by Crippen LogP contribution is 2.26. The first kappa shape index (κ1) is 19.0. The number of fused-ring (bicyclic) bond motifs is 1. The molecule has 140 valence electrons. The number of esters is 1. The Labute approximate surface area is 164 Å². The van der Waals surface area contributed by atoms with Crippen molar-refractivity contribution in [3.05, 3.63) is 58.3 Å². The molecule has 0 unspecified atom stereocenters. The second kappa shape index (κ2) is 8.26. The molecule has 0 atom stereocenters. The minimum Gasteiger partial charge on any atom is -0.497 e. The van der Waals surface area contributed by atoms with Gasteiger partial charge in [-0.15, -0.1) is 0 Å². The molecule has 7 heteroatoms. The summed E-state index contributed by atoms with van der Waals surface area (Å²) in [6, 6.07) is 10.8. The Morgan fingerprint density at radius 2 is 2.00 bits per heavy atom. The Hall–Kier alpha value is -2.80. The lowest BCUT2D eigenvalue weighted by Crippen LogP contribution is -2.21. The summed E-state index contributed by atoms with van der Waals surface area (Å²) in [6.07, 6.45) is 1.53. The standard InChI is InChI=1S/C20H18BrNO5/c1-12-7-14(3-6-17(12)21)22-19(23)11-27-20(24)8-13-10-26-18-9-15(25-2)4-5-16(13)18/h3-7,9-10H,8,11H2,1-2H3,(H,22,23). The van der Waals surface area contributed by atoms with Crippen molar-refractivity contribution in [2.75, 3.05) is 19.0 Å². The molecule has 0 aliphatic heterocycles. The summed E-state index contributed by atoms with van der Waals surface area (Å²) in [5.41, 5.74) is 2.96. The molecule has 0 saturated heterocycles. The maximum Gasteiger partial charge on any atom is 0.310 e. The Kier molecular flexibility index (Phi) is 5.81. The van der Waals surface area contributed by atoms with E-state index in [-0.39, 0.29) is 13.0 Å². The van der Waals surface area contributed by atoms with E-state index in [0.29, 0.717) is 22.6 Å². The van der Waals surface area contributed by atoms with Crippen LogP contribution in [0.4, 0.5) is 5.69 Å². The summed E-state index contributed by atoms with van der Waals surface area (Å²) in [4.78, 5) is 24.0. The van der Waals surface area contributed by atoms with Gasteiger partial charge in [-0.1, -0.05) is 15.9 Å². The first-order valence-corrected chi connectivity index (χ1v) is 9.01. The van der Waals surface area contributed by atoms with Crippen molar-refractivity contribution >= 4 is 44.5 Å². The number of nitrogens with one attached hydrogen (secondary N) is 1. The molecule has 27 heavy (non-hydrogen) atoms. The fourth-order valence-corrected chi connectivity index (χ4v) is 2.85. The Morgan fingerprint density at radius 3 is 2.74 bits per heavy atom. The number of anilines is 1. The summed E-state index contributed by atoms with van der Waals surface area (Å²) in [6.45, 7) is 1.57. The predicted molar refractivity (Wildman–Crippen MR) is 105 cm³/mol. The molecule has 1 heterocycles. The Balaban J connectivity index is 1.55. The van der Waals surface area contributed by atoms with Crippen molar-refractivity contribution < 1.29 is 23.5 Å². The van der Waals surface area contributed by atoms with Crippen molar-refractivity contribution in [1.82, 2.24) is 0 Å². The van der Waals surface area contributed by atoms with Crippen LogP contribution in [-0.4, -0.2) is 25.6 Å². The molecular weight excluding hydrogens is 414 g/mol. The van der Waals surface area contributed by atoms with Crippen molar-refractivity contribution in [1.29, 1.82) is 0 Å².